The number of anilines is 2. The molecule has 0 N–H and O–H groups in total. The van der Waals surface area contributed by atoms with Gasteiger partial charge < -0.3 is 19.3 Å². The lowest BCUT2D eigenvalue weighted by molar-refractivity contribution is -0.274. The molecule has 2 atom stereocenters. The van der Waals surface area contributed by atoms with Crippen molar-refractivity contribution in [2.24, 2.45) is 7.05 Å². The molecular weight excluding hydrogens is 667 g/mol. The summed E-state index contributed by atoms with van der Waals surface area (Å²) in [6, 6.07) is 2.44. The molecule has 0 radical (unpaired) electrons. The first kappa shape index (κ1) is 36.3. The van der Waals surface area contributed by atoms with E-state index in [9.17, 15) is 49.1 Å². The zero-order valence-electron chi connectivity index (χ0n) is 25.6. The molecular formula is C29H29F9N6O4. The fraction of sp³-hybridized carbons (Fsp3) is 0.483. The van der Waals surface area contributed by atoms with Gasteiger partial charge >= 0.3 is 24.7 Å². The number of alkyl halides is 9. The Morgan fingerprint density at radius 3 is 2.12 bits per heavy atom. The summed E-state index contributed by atoms with van der Waals surface area (Å²) in [6.45, 7) is 1.05. The number of carbonyl (C=O) groups is 2. The molecule has 0 bridgehead atoms. The minimum Gasteiger partial charge on any atom is -0.469 e. The average molecular weight is 697 g/mol. The third-order valence-corrected chi connectivity index (χ3v) is 7.58. The number of aryl methyl sites for hydroxylation is 1. The van der Waals surface area contributed by atoms with Crippen molar-refractivity contribution < 1.29 is 58.6 Å². The van der Waals surface area contributed by atoms with Gasteiger partial charge in [0.1, 0.15) is 5.75 Å². The second-order valence-corrected chi connectivity index (χ2v) is 10.9. The van der Waals surface area contributed by atoms with E-state index < -0.39 is 71.7 Å². The molecule has 2 heterocycles. The number of halogens is 9. The zero-order chi connectivity index (χ0) is 35.6. The Labute approximate surface area is 267 Å². The molecule has 48 heavy (non-hydrogen) atoms. The van der Waals surface area contributed by atoms with Crippen LogP contribution in [-0.2, 0) is 40.3 Å². The summed E-state index contributed by atoms with van der Waals surface area (Å²) in [5.74, 6) is -1.98. The molecule has 3 aromatic rings. The van der Waals surface area contributed by atoms with E-state index in [1.807, 2.05) is 0 Å². The van der Waals surface area contributed by atoms with Crippen LogP contribution in [0.2, 0.25) is 0 Å². The van der Waals surface area contributed by atoms with Crippen LogP contribution in [0.1, 0.15) is 67.3 Å². The summed E-state index contributed by atoms with van der Waals surface area (Å²) in [5, 5.41) is 11.7. The minimum atomic E-state index is -5.14. The van der Waals surface area contributed by atoms with E-state index in [2.05, 4.69) is 24.9 Å². The van der Waals surface area contributed by atoms with Crippen molar-refractivity contribution in [3.63, 3.8) is 0 Å². The van der Waals surface area contributed by atoms with Gasteiger partial charge in [-0.25, -0.2) is 0 Å². The molecule has 0 saturated heterocycles. The normalized spacial score (nSPS) is 16.8. The van der Waals surface area contributed by atoms with Crippen LogP contribution >= 0.6 is 0 Å². The Morgan fingerprint density at radius 2 is 1.60 bits per heavy atom. The van der Waals surface area contributed by atoms with Gasteiger partial charge in [-0.3, -0.25) is 9.59 Å². The van der Waals surface area contributed by atoms with Crippen LogP contribution in [0.3, 0.4) is 0 Å². The van der Waals surface area contributed by atoms with Crippen molar-refractivity contribution in [1.82, 2.24) is 20.2 Å². The molecule has 0 aliphatic carbocycles. The molecule has 4 rings (SSSR count). The molecule has 1 aromatic heterocycles. The van der Waals surface area contributed by atoms with Crippen molar-refractivity contribution in [2.45, 2.75) is 76.4 Å². The summed E-state index contributed by atoms with van der Waals surface area (Å²) < 4.78 is 131. The molecule has 10 nitrogen and oxygen atoms in total. The lowest BCUT2D eigenvalue weighted by Crippen LogP contribution is -2.47. The molecule has 1 aliphatic rings. The Hall–Kier alpha value is -4.58. The number of amides is 1. The van der Waals surface area contributed by atoms with Gasteiger partial charge in [0, 0.05) is 36.7 Å². The summed E-state index contributed by atoms with van der Waals surface area (Å²) in [5.41, 5.74) is -3.45. The van der Waals surface area contributed by atoms with Gasteiger partial charge in [-0.2, -0.15) is 31.1 Å². The van der Waals surface area contributed by atoms with Gasteiger partial charge in [-0.05, 0) is 66.4 Å². The monoisotopic (exact) mass is 696 g/mol. The maximum absolute atomic E-state index is 13.7. The lowest BCUT2D eigenvalue weighted by atomic mass is 9.87. The van der Waals surface area contributed by atoms with Crippen molar-refractivity contribution in [3.05, 3.63) is 58.7 Å². The standard InChI is InChI=1S/C29H29F9N6O4/c1-4-19-13-23(21-14-20(48-29(36,37)38)8-9-22(21)44(19)24(45)6-5-7-25(46)47-3)43(26-39-41-42(2)40-26)15-16-10-17(27(30,31)32)12-18(11-16)28(33,34)35/h8-12,14,19,23H,4-7,13,15H2,1-3H3. The highest BCUT2D eigenvalue weighted by Gasteiger charge is 2.41. The second-order valence-electron chi connectivity index (χ2n) is 10.9. The Balaban J connectivity index is 1.87. The van der Waals surface area contributed by atoms with Gasteiger partial charge in [0.15, 0.2) is 0 Å². The van der Waals surface area contributed by atoms with E-state index in [0.29, 0.717) is 12.1 Å². The number of carbonyl (C=O) groups excluding carboxylic acids is 2. The number of aromatic nitrogens is 4. The Kier molecular flexibility index (Phi) is 10.5. The third kappa shape index (κ3) is 8.66. The molecule has 262 valence electrons. The van der Waals surface area contributed by atoms with Crippen LogP contribution in [0, 0.1) is 0 Å². The molecule has 19 heteroatoms. The SMILES string of the molecule is CCC1CC(N(Cc2cc(C(F)(F)F)cc(C(F)(F)F)c2)c2nnn(C)n2)c2cc(OC(F)(F)F)ccc2N1C(=O)CCCC(=O)OC. The summed E-state index contributed by atoms with van der Waals surface area (Å²) >= 11 is 0. The topological polar surface area (TPSA) is 103 Å². The fourth-order valence-corrected chi connectivity index (χ4v) is 5.51. The number of hydrogen-bond acceptors (Lipinski definition) is 8. The summed E-state index contributed by atoms with van der Waals surface area (Å²) in [4.78, 5) is 28.7. The highest BCUT2D eigenvalue weighted by atomic mass is 19.4. The highest BCUT2D eigenvalue weighted by molar-refractivity contribution is 5.96. The zero-order valence-corrected chi connectivity index (χ0v) is 25.6. The van der Waals surface area contributed by atoms with Crippen molar-refractivity contribution in [3.8, 4) is 5.75 Å². The largest absolute Gasteiger partial charge is 0.573 e. The number of methoxy groups -OCH3 is 1. The maximum atomic E-state index is 13.7. The predicted molar refractivity (Wildman–Crippen MR) is 149 cm³/mol. The van der Waals surface area contributed by atoms with E-state index in [1.54, 1.807) is 6.92 Å². The minimum absolute atomic E-state index is 0.0259. The first-order valence-corrected chi connectivity index (χ1v) is 14.4. The first-order chi connectivity index (χ1) is 22.3. The van der Waals surface area contributed by atoms with Crippen LogP contribution in [0.15, 0.2) is 36.4 Å². The predicted octanol–water partition coefficient (Wildman–Crippen LogP) is 6.75. The third-order valence-electron chi connectivity index (χ3n) is 7.58. The maximum Gasteiger partial charge on any atom is 0.573 e. The smallest absolute Gasteiger partial charge is 0.469 e. The van der Waals surface area contributed by atoms with Crippen molar-refractivity contribution >= 4 is 23.5 Å². The van der Waals surface area contributed by atoms with Crippen LogP contribution in [0.4, 0.5) is 51.1 Å². The van der Waals surface area contributed by atoms with Crippen LogP contribution in [0.5, 0.6) is 5.75 Å². The molecule has 1 amide bonds. The summed E-state index contributed by atoms with van der Waals surface area (Å²) in [7, 11) is 2.54. The van der Waals surface area contributed by atoms with E-state index in [0.717, 1.165) is 16.9 Å². The van der Waals surface area contributed by atoms with Gasteiger partial charge in [-0.1, -0.05) is 12.0 Å². The highest BCUT2D eigenvalue weighted by Crippen LogP contribution is 2.46. The van der Waals surface area contributed by atoms with Crippen molar-refractivity contribution in [2.75, 3.05) is 16.9 Å². The second kappa shape index (κ2) is 13.9. The van der Waals surface area contributed by atoms with E-state index in [4.69, 9.17) is 0 Å². The van der Waals surface area contributed by atoms with Gasteiger partial charge in [-0.15, -0.1) is 18.3 Å². The van der Waals surface area contributed by atoms with Crippen molar-refractivity contribution in [1.29, 1.82) is 0 Å². The average Bonchev–Trinajstić information content (AvgIpc) is 3.42. The van der Waals surface area contributed by atoms with E-state index >= 15 is 0 Å². The Bertz CT molecular complexity index is 1590. The number of ether oxygens (including phenoxy) is 2. The van der Waals surface area contributed by atoms with E-state index in [1.165, 1.54) is 30.0 Å². The number of benzene rings is 2. The Morgan fingerprint density at radius 1 is 0.958 bits per heavy atom. The van der Waals surface area contributed by atoms with Crippen LogP contribution in [0.25, 0.3) is 0 Å². The van der Waals surface area contributed by atoms with Gasteiger partial charge in [0.2, 0.25) is 5.91 Å². The number of nitrogens with zero attached hydrogens (tertiary/aromatic N) is 6. The molecule has 2 unspecified atom stereocenters. The van der Waals surface area contributed by atoms with Crippen LogP contribution in [-0.4, -0.2) is 51.6 Å². The van der Waals surface area contributed by atoms with Crippen LogP contribution < -0.4 is 14.5 Å². The number of fused-ring (bicyclic) bond motifs is 1. The number of esters is 1. The quantitative estimate of drug-likeness (QED) is 0.170. The van der Waals surface area contributed by atoms with E-state index in [-0.39, 0.29) is 55.4 Å². The lowest BCUT2D eigenvalue weighted by Gasteiger charge is -2.44. The van der Waals surface area contributed by atoms with Gasteiger partial charge in [0.25, 0.3) is 5.95 Å². The fourth-order valence-electron chi connectivity index (χ4n) is 5.51. The number of tetrazole rings is 1. The number of hydrogen-bond donors (Lipinski definition) is 0. The molecule has 0 spiro atoms. The summed E-state index contributed by atoms with van der Waals surface area (Å²) in [6.07, 6.45) is -15.3. The molecule has 2 aromatic carbocycles. The number of rotatable bonds is 10. The first-order valence-electron chi connectivity index (χ1n) is 14.4. The molecule has 0 fully saturated rings. The molecule has 1 aliphatic heterocycles. The molecule has 0 saturated carbocycles. The van der Waals surface area contributed by atoms with Gasteiger partial charge in [0.05, 0.1) is 31.3 Å².